The highest BCUT2D eigenvalue weighted by Gasteiger charge is 2.32. The molecule has 0 aromatic heterocycles. The van der Waals surface area contributed by atoms with Crippen LogP contribution in [0.5, 0.6) is 0 Å². The lowest BCUT2D eigenvalue weighted by Crippen LogP contribution is -2.28. The first-order valence-corrected chi connectivity index (χ1v) is 7.90. The number of alkyl halides is 3. The van der Waals surface area contributed by atoms with Gasteiger partial charge in [-0.15, -0.1) is 0 Å². The van der Waals surface area contributed by atoms with Gasteiger partial charge in [-0.05, 0) is 39.3 Å². The first kappa shape index (κ1) is 23.2. The van der Waals surface area contributed by atoms with Gasteiger partial charge >= 0.3 is 18.1 Å². The zero-order valence-corrected chi connectivity index (χ0v) is 15.0. The minimum Gasteiger partial charge on any atom is -0.481 e. The predicted octanol–water partition coefficient (Wildman–Crippen LogP) is 5.10. The van der Waals surface area contributed by atoms with E-state index in [9.17, 15) is 22.8 Å². The summed E-state index contributed by atoms with van der Waals surface area (Å²) >= 11 is 5.54. The van der Waals surface area contributed by atoms with Gasteiger partial charge in [-0.2, -0.15) is 13.2 Å². The second-order valence-corrected chi connectivity index (χ2v) is 6.71. The van der Waals surface area contributed by atoms with Crippen molar-refractivity contribution >= 4 is 23.5 Å². The standard InChI is InChI=1S/C11H17F3O4.C6H5Cl/c1-10(2,3)18-8(15)6-7(9(16)17)4-5-11(12,13)14;7-6-4-2-1-3-5-6/h7H,4-6H2,1-3H3,(H,16,17);1-5H. The van der Waals surface area contributed by atoms with Crippen molar-refractivity contribution in [3.63, 3.8) is 0 Å². The van der Waals surface area contributed by atoms with Gasteiger partial charge in [0.05, 0.1) is 12.3 Å². The SMILES string of the molecule is CC(C)(C)OC(=O)CC(CCC(F)(F)F)C(=O)O.Clc1ccccc1. The zero-order valence-electron chi connectivity index (χ0n) is 14.3. The molecule has 0 saturated carbocycles. The van der Waals surface area contributed by atoms with E-state index in [1.54, 1.807) is 20.8 Å². The Labute approximate surface area is 149 Å². The van der Waals surface area contributed by atoms with Gasteiger partial charge in [-0.25, -0.2) is 0 Å². The lowest BCUT2D eigenvalue weighted by atomic mass is 9.99. The van der Waals surface area contributed by atoms with Gasteiger partial charge in [0.15, 0.2) is 0 Å². The zero-order chi connectivity index (χ0) is 19.7. The largest absolute Gasteiger partial charge is 0.481 e. The molecule has 1 rings (SSSR count). The lowest BCUT2D eigenvalue weighted by molar-refractivity contribution is -0.162. The number of esters is 1. The van der Waals surface area contributed by atoms with E-state index in [1.807, 2.05) is 30.3 Å². The number of hydrogen-bond donors (Lipinski definition) is 1. The lowest BCUT2D eigenvalue weighted by Gasteiger charge is -2.21. The van der Waals surface area contributed by atoms with E-state index in [0.717, 1.165) is 5.02 Å². The molecule has 8 heteroatoms. The molecule has 25 heavy (non-hydrogen) atoms. The van der Waals surface area contributed by atoms with Gasteiger partial charge in [0.2, 0.25) is 0 Å². The highest BCUT2D eigenvalue weighted by molar-refractivity contribution is 6.30. The van der Waals surface area contributed by atoms with Gasteiger partial charge in [-0.3, -0.25) is 9.59 Å². The fourth-order valence-corrected chi connectivity index (χ4v) is 1.80. The van der Waals surface area contributed by atoms with Crippen LogP contribution < -0.4 is 0 Å². The van der Waals surface area contributed by atoms with Crippen molar-refractivity contribution in [3.05, 3.63) is 35.4 Å². The normalized spacial score (nSPS) is 12.6. The van der Waals surface area contributed by atoms with Gasteiger partial charge in [0, 0.05) is 11.4 Å². The number of carboxylic acids is 1. The number of ether oxygens (including phenoxy) is 1. The average molecular weight is 383 g/mol. The molecule has 0 spiro atoms. The maximum atomic E-state index is 12.0. The fourth-order valence-electron chi connectivity index (χ4n) is 1.65. The highest BCUT2D eigenvalue weighted by Crippen LogP contribution is 2.26. The van der Waals surface area contributed by atoms with Crippen LogP contribution in [0, 0.1) is 5.92 Å². The summed E-state index contributed by atoms with van der Waals surface area (Å²) in [6.07, 6.45) is -6.84. The Morgan fingerprint density at radius 1 is 1.16 bits per heavy atom. The van der Waals surface area contributed by atoms with Crippen LogP contribution in [0.4, 0.5) is 13.2 Å². The minimum atomic E-state index is -4.43. The molecule has 0 heterocycles. The Kier molecular flexibility index (Phi) is 9.56. The van der Waals surface area contributed by atoms with Crippen LogP contribution in [0.25, 0.3) is 0 Å². The molecular weight excluding hydrogens is 361 g/mol. The van der Waals surface area contributed by atoms with E-state index in [-0.39, 0.29) is 0 Å². The summed E-state index contributed by atoms with van der Waals surface area (Å²) < 4.78 is 40.8. The number of carbonyl (C=O) groups is 2. The van der Waals surface area contributed by atoms with Crippen molar-refractivity contribution in [1.29, 1.82) is 0 Å². The quantitative estimate of drug-likeness (QED) is 0.719. The van der Waals surface area contributed by atoms with E-state index in [2.05, 4.69) is 0 Å². The van der Waals surface area contributed by atoms with Crippen molar-refractivity contribution < 1.29 is 32.6 Å². The first-order valence-electron chi connectivity index (χ1n) is 7.52. The van der Waals surface area contributed by atoms with E-state index in [4.69, 9.17) is 21.4 Å². The molecule has 0 radical (unpaired) electrons. The second-order valence-electron chi connectivity index (χ2n) is 6.28. The number of benzene rings is 1. The van der Waals surface area contributed by atoms with E-state index in [1.165, 1.54) is 0 Å². The molecule has 0 aliphatic heterocycles. The molecule has 142 valence electrons. The van der Waals surface area contributed by atoms with Crippen LogP contribution >= 0.6 is 11.6 Å². The van der Waals surface area contributed by atoms with Gasteiger partial charge in [0.25, 0.3) is 0 Å². The molecule has 0 aliphatic rings. The summed E-state index contributed by atoms with van der Waals surface area (Å²) in [6, 6.07) is 9.44. The summed E-state index contributed by atoms with van der Waals surface area (Å²) in [4.78, 5) is 22.1. The smallest absolute Gasteiger partial charge is 0.389 e. The number of carbonyl (C=O) groups excluding carboxylic acids is 1. The first-order chi connectivity index (χ1) is 11.3. The number of hydrogen-bond acceptors (Lipinski definition) is 3. The Balaban J connectivity index is 0.000000676. The number of rotatable bonds is 5. The predicted molar refractivity (Wildman–Crippen MR) is 88.3 cm³/mol. The molecule has 1 atom stereocenters. The van der Waals surface area contributed by atoms with Crippen molar-refractivity contribution in [2.45, 2.75) is 51.8 Å². The molecule has 1 aromatic carbocycles. The fraction of sp³-hybridized carbons (Fsp3) is 0.529. The van der Waals surface area contributed by atoms with E-state index in [0.29, 0.717) is 0 Å². The number of halogens is 4. The topological polar surface area (TPSA) is 63.6 Å². The summed E-state index contributed by atoms with van der Waals surface area (Å²) in [5.74, 6) is -3.61. The Morgan fingerprint density at radius 3 is 2.00 bits per heavy atom. The van der Waals surface area contributed by atoms with Crippen molar-refractivity contribution in [2.24, 2.45) is 5.92 Å². The van der Waals surface area contributed by atoms with Crippen LogP contribution in [0.3, 0.4) is 0 Å². The Bertz CT molecular complexity index is 539. The maximum Gasteiger partial charge on any atom is 0.389 e. The monoisotopic (exact) mass is 382 g/mol. The molecular formula is C17H22ClF3O4. The molecule has 1 N–H and O–H groups in total. The van der Waals surface area contributed by atoms with Crippen LogP contribution in [0.1, 0.15) is 40.0 Å². The molecule has 0 aliphatic carbocycles. The van der Waals surface area contributed by atoms with Crippen LogP contribution in [0.15, 0.2) is 30.3 Å². The Hall–Kier alpha value is -1.76. The summed E-state index contributed by atoms with van der Waals surface area (Å²) in [5, 5.41) is 9.54. The molecule has 1 aromatic rings. The third kappa shape index (κ3) is 14.3. The van der Waals surface area contributed by atoms with Crippen LogP contribution in [0.2, 0.25) is 5.02 Å². The molecule has 1 unspecified atom stereocenters. The van der Waals surface area contributed by atoms with E-state index >= 15 is 0 Å². The molecule has 0 fully saturated rings. The van der Waals surface area contributed by atoms with Crippen LogP contribution in [-0.4, -0.2) is 28.8 Å². The summed E-state index contributed by atoms with van der Waals surface area (Å²) in [6.45, 7) is 4.78. The van der Waals surface area contributed by atoms with Crippen LogP contribution in [-0.2, 0) is 14.3 Å². The molecule has 4 nitrogen and oxygen atoms in total. The van der Waals surface area contributed by atoms with Gasteiger partial charge < -0.3 is 9.84 Å². The summed E-state index contributed by atoms with van der Waals surface area (Å²) in [5.41, 5.74) is -0.788. The second kappa shape index (κ2) is 10.3. The average Bonchev–Trinajstić information content (AvgIpc) is 2.41. The van der Waals surface area contributed by atoms with Crippen molar-refractivity contribution in [3.8, 4) is 0 Å². The van der Waals surface area contributed by atoms with E-state index < -0.39 is 48.9 Å². The molecule has 0 amide bonds. The maximum absolute atomic E-state index is 12.0. The number of carboxylic acid groups (broad SMARTS) is 1. The molecule has 0 bridgehead atoms. The van der Waals surface area contributed by atoms with Crippen molar-refractivity contribution in [1.82, 2.24) is 0 Å². The molecule has 0 saturated heterocycles. The Morgan fingerprint density at radius 2 is 1.68 bits per heavy atom. The highest BCUT2D eigenvalue weighted by atomic mass is 35.5. The minimum absolute atomic E-state index is 0.553. The van der Waals surface area contributed by atoms with Crippen molar-refractivity contribution in [2.75, 3.05) is 0 Å². The third-order valence-electron chi connectivity index (χ3n) is 2.69. The third-order valence-corrected chi connectivity index (χ3v) is 2.94. The summed E-state index contributed by atoms with van der Waals surface area (Å²) in [7, 11) is 0. The number of aliphatic carboxylic acids is 1. The van der Waals surface area contributed by atoms with Gasteiger partial charge in [-0.1, -0.05) is 29.8 Å². The van der Waals surface area contributed by atoms with Gasteiger partial charge in [0.1, 0.15) is 5.60 Å².